The van der Waals surface area contributed by atoms with Gasteiger partial charge in [-0.1, -0.05) is 23.8 Å². The first-order valence-electron chi connectivity index (χ1n) is 7.10. The number of benzene rings is 1. The number of rotatable bonds is 5. The molecule has 0 saturated carbocycles. The predicted octanol–water partition coefficient (Wildman–Crippen LogP) is 2.75. The van der Waals surface area contributed by atoms with Crippen molar-refractivity contribution in [1.82, 2.24) is 4.57 Å². The van der Waals surface area contributed by atoms with E-state index in [9.17, 15) is 4.79 Å². The molecule has 0 aliphatic carbocycles. The average Bonchev–Trinajstić information content (AvgIpc) is 2.45. The molecule has 2 rings (SSSR count). The first kappa shape index (κ1) is 15.3. The highest BCUT2D eigenvalue weighted by Gasteiger charge is 2.10. The second kappa shape index (κ2) is 6.59. The summed E-state index contributed by atoms with van der Waals surface area (Å²) >= 11 is 0. The van der Waals surface area contributed by atoms with Crippen LogP contribution in [0.5, 0.6) is 0 Å². The van der Waals surface area contributed by atoms with Crippen molar-refractivity contribution in [1.29, 1.82) is 0 Å². The van der Waals surface area contributed by atoms with Gasteiger partial charge in [-0.05, 0) is 38.0 Å². The van der Waals surface area contributed by atoms with Gasteiger partial charge in [0, 0.05) is 25.8 Å². The fraction of sp³-hybridized carbons (Fsp3) is 0.353. The molecular weight excluding hydrogens is 264 g/mol. The Kier molecular flexibility index (Phi) is 4.81. The van der Waals surface area contributed by atoms with Crippen LogP contribution in [0.3, 0.4) is 0 Å². The summed E-state index contributed by atoms with van der Waals surface area (Å²) in [7, 11) is 1.66. The molecule has 1 aromatic carbocycles. The number of ether oxygens (including phenoxy) is 1. The number of hydrogen-bond donors (Lipinski definition) is 1. The van der Waals surface area contributed by atoms with Gasteiger partial charge in [-0.2, -0.15) is 0 Å². The normalized spacial score (nSPS) is 10.8. The van der Waals surface area contributed by atoms with E-state index >= 15 is 0 Å². The SMILES string of the molecule is COCCCn1c(-c2ccc(C)cc2C)ccc(N)c1=O. The number of aryl methyl sites for hydroxylation is 2. The summed E-state index contributed by atoms with van der Waals surface area (Å²) in [5, 5.41) is 0. The van der Waals surface area contributed by atoms with Crippen LogP contribution in [0.15, 0.2) is 35.1 Å². The van der Waals surface area contributed by atoms with Gasteiger partial charge in [-0.25, -0.2) is 0 Å². The van der Waals surface area contributed by atoms with Crippen LogP contribution in [0, 0.1) is 13.8 Å². The predicted molar refractivity (Wildman–Crippen MR) is 86.5 cm³/mol. The lowest BCUT2D eigenvalue weighted by atomic mass is 10.0. The smallest absolute Gasteiger partial charge is 0.274 e. The fourth-order valence-electron chi connectivity index (χ4n) is 2.52. The Bertz CT molecular complexity index is 690. The second-order valence-corrected chi connectivity index (χ2v) is 5.30. The van der Waals surface area contributed by atoms with Gasteiger partial charge in [-0.15, -0.1) is 0 Å². The van der Waals surface area contributed by atoms with Crippen molar-refractivity contribution >= 4 is 5.69 Å². The van der Waals surface area contributed by atoms with Crippen LogP contribution in [0.2, 0.25) is 0 Å². The summed E-state index contributed by atoms with van der Waals surface area (Å²) in [6.45, 7) is 5.34. The summed E-state index contributed by atoms with van der Waals surface area (Å²) in [4.78, 5) is 12.3. The van der Waals surface area contributed by atoms with Gasteiger partial charge < -0.3 is 15.0 Å². The third-order valence-corrected chi connectivity index (χ3v) is 3.59. The van der Waals surface area contributed by atoms with Gasteiger partial charge >= 0.3 is 0 Å². The van der Waals surface area contributed by atoms with Gasteiger partial charge in [0.25, 0.3) is 5.56 Å². The van der Waals surface area contributed by atoms with E-state index in [-0.39, 0.29) is 11.2 Å². The third-order valence-electron chi connectivity index (χ3n) is 3.59. The van der Waals surface area contributed by atoms with Crippen LogP contribution >= 0.6 is 0 Å². The first-order chi connectivity index (χ1) is 10.0. The molecule has 0 bridgehead atoms. The van der Waals surface area contributed by atoms with Gasteiger partial charge in [0.15, 0.2) is 0 Å². The van der Waals surface area contributed by atoms with E-state index in [0.29, 0.717) is 13.2 Å². The lowest BCUT2D eigenvalue weighted by molar-refractivity contribution is 0.190. The summed E-state index contributed by atoms with van der Waals surface area (Å²) in [5.74, 6) is 0. The minimum Gasteiger partial charge on any atom is -0.394 e. The number of methoxy groups -OCH3 is 1. The van der Waals surface area contributed by atoms with Gasteiger partial charge in [0.2, 0.25) is 0 Å². The molecule has 0 amide bonds. The molecule has 21 heavy (non-hydrogen) atoms. The summed E-state index contributed by atoms with van der Waals surface area (Å²) < 4.78 is 6.81. The number of aromatic nitrogens is 1. The Hall–Kier alpha value is -2.07. The van der Waals surface area contributed by atoms with Crippen LogP contribution in [-0.2, 0) is 11.3 Å². The molecule has 0 aliphatic heterocycles. The second-order valence-electron chi connectivity index (χ2n) is 5.30. The van der Waals surface area contributed by atoms with Crippen LogP contribution < -0.4 is 11.3 Å². The molecular formula is C17H22N2O2. The van der Waals surface area contributed by atoms with Crippen LogP contribution in [-0.4, -0.2) is 18.3 Å². The van der Waals surface area contributed by atoms with Gasteiger partial charge in [0.05, 0.1) is 11.4 Å². The molecule has 2 aromatic rings. The molecule has 4 nitrogen and oxygen atoms in total. The number of hydrogen-bond acceptors (Lipinski definition) is 3. The zero-order valence-corrected chi connectivity index (χ0v) is 12.8. The zero-order chi connectivity index (χ0) is 15.4. The molecule has 0 unspecified atom stereocenters. The Morgan fingerprint density at radius 3 is 2.62 bits per heavy atom. The van der Waals surface area contributed by atoms with Crippen LogP contribution in [0.25, 0.3) is 11.3 Å². The summed E-state index contributed by atoms with van der Waals surface area (Å²) in [6, 6.07) is 9.84. The monoisotopic (exact) mass is 286 g/mol. The lowest BCUT2D eigenvalue weighted by Crippen LogP contribution is -2.25. The molecule has 0 atom stereocenters. The first-order valence-corrected chi connectivity index (χ1v) is 7.10. The molecule has 0 spiro atoms. The van der Waals surface area contributed by atoms with Crippen molar-refractivity contribution < 1.29 is 4.74 Å². The van der Waals surface area contributed by atoms with Crippen molar-refractivity contribution in [3.05, 3.63) is 51.8 Å². The largest absolute Gasteiger partial charge is 0.394 e. The highest BCUT2D eigenvalue weighted by Crippen LogP contribution is 2.24. The standard InChI is InChI=1S/C17H22N2O2/c1-12-5-6-14(13(2)11-12)16-8-7-15(18)17(20)19(16)9-4-10-21-3/h5-8,11H,4,9-10,18H2,1-3H3. The molecule has 4 heteroatoms. The minimum absolute atomic E-state index is 0.136. The molecule has 0 saturated heterocycles. The summed E-state index contributed by atoms with van der Waals surface area (Å²) in [5.41, 5.74) is 10.2. The van der Waals surface area contributed by atoms with Gasteiger partial charge in [0.1, 0.15) is 0 Å². The molecule has 0 fully saturated rings. The molecule has 2 N–H and O–H groups in total. The van der Waals surface area contributed by atoms with Crippen LogP contribution in [0.4, 0.5) is 5.69 Å². The average molecular weight is 286 g/mol. The number of nitrogens with two attached hydrogens (primary N) is 1. The topological polar surface area (TPSA) is 57.2 Å². The highest BCUT2D eigenvalue weighted by molar-refractivity contribution is 5.65. The van der Waals surface area contributed by atoms with Gasteiger partial charge in [-0.3, -0.25) is 4.79 Å². The zero-order valence-electron chi connectivity index (χ0n) is 12.8. The van der Waals surface area contributed by atoms with E-state index < -0.39 is 0 Å². The Morgan fingerprint density at radius 1 is 1.19 bits per heavy atom. The number of nitrogens with zero attached hydrogens (tertiary/aromatic N) is 1. The fourth-order valence-corrected chi connectivity index (χ4v) is 2.52. The maximum Gasteiger partial charge on any atom is 0.274 e. The Morgan fingerprint density at radius 2 is 1.95 bits per heavy atom. The molecule has 1 heterocycles. The lowest BCUT2D eigenvalue weighted by Gasteiger charge is -2.15. The Labute approximate surface area is 125 Å². The molecule has 0 aliphatic rings. The number of nitrogen functional groups attached to an aromatic ring is 1. The van der Waals surface area contributed by atoms with Crippen molar-refractivity contribution in [3.8, 4) is 11.3 Å². The molecule has 1 aromatic heterocycles. The number of pyridine rings is 1. The molecule has 0 radical (unpaired) electrons. The number of anilines is 1. The third kappa shape index (κ3) is 3.34. The van der Waals surface area contributed by atoms with Crippen molar-refractivity contribution in [3.63, 3.8) is 0 Å². The highest BCUT2D eigenvalue weighted by atomic mass is 16.5. The van der Waals surface area contributed by atoms with Crippen LogP contribution in [0.1, 0.15) is 17.5 Å². The Balaban J connectivity index is 2.52. The minimum atomic E-state index is -0.136. The van der Waals surface area contributed by atoms with Crippen molar-refractivity contribution in [2.24, 2.45) is 0 Å². The van der Waals surface area contributed by atoms with E-state index in [4.69, 9.17) is 10.5 Å². The van der Waals surface area contributed by atoms with E-state index in [1.807, 2.05) is 6.07 Å². The van der Waals surface area contributed by atoms with E-state index in [2.05, 4.69) is 32.0 Å². The quantitative estimate of drug-likeness (QED) is 0.860. The summed E-state index contributed by atoms with van der Waals surface area (Å²) in [6.07, 6.45) is 0.776. The van der Waals surface area contributed by atoms with E-state index in [1.165, 1.54) is 5.56 Å². The van der Waals surface area contributed by atoms with E-state index in [1.54, 1.807) is 17.7 Å². The van der Waals surface area contributed by atoms with Crippen molar-refractivity contribution in [2.75, 3.05) is 19.5 Å². The molecule has 112 valence electrons. The maximum absolute atomic E-state index is 12.3. The van der Waals surface area contributed by atoms with E-state index in [0.717, 1.165) is 23.2 Å². The van der Waals surface area contributed by atoms with Crippen molar-refractivity contribution in [2.45, 2.75) is 26.8 Å². The maximum atomic E-state index is 12.3.